The predicted octanol–water partition coefficient (Wildman–Crippen LogP) is 3.56. The van der Waals surface area contributed by atoms with E-state index in [4.69, 9.17) is 18.4 Å². The van der Waals surface area contributed by atoms with Gasteiger partial charge in [-0.05, 0) is 48.9 Å². The molecule has 0 saturated carbocycles. The van der Waals surface area contributed by atoms with Gasteiger partial charge < -0.3 is 24.0 Å². The zero-order chi connectivity index (χ0) is 28.6. The number of anilines is 1. The van der Waals surface area contributed by atoms with Gasteiger partial charge in [0.25, 0.3) is 16.0 Å². The maximum Gasteiger partial charge on any atom is 0.297 e. The van der Waals surface area contributed by atoms with Crippen molar-refractivity contribution in [2.24, 2.45) is 0 Å². The first-order valence-electron chi connectivity index (χ1n) is 12.7. The van der Waals surface area contributed by atoms with Crippen LogP contribution in [0.2, 0.25) is 0 Å². The number of carbonyl (C=O) groups is 2. The Bertz CT molecular complexity index is 1530. The molecule has 2 aliphatic heterocycles. The number of amides is 2. The van der Waals surface area contributed by atoms with Crippen LogP contribution < -0.4 is 19.1 Å². The number of benzene rings is 3. The summed E-state index contributed by atoms with van der Waals surface area (Å²) in [6.07, 6.45) is -0.840. The molecular formula is C29H30N2O8S. The molecule has 0 spiro atoms. The lowest BCUT2D eigenvalue weighted by Crippen LogP contribution is -2.44. The molecule has 40 heavy (non-hydrogen) atoms. The van der Waals surface area contributed by atoms with E-state index in [1.54, 1.807) is 48.5 Å². The molecule has 210 valence electrons. The third-order valence-corrected chi connectivity index (χ3v) is 8.51. The Kier molecular flexibility index (Phi) is 7.43. The Hall–Kier alpha value is -4.09. The Balaban J connectivity index is 1.47. The van der Waals surface area contributed by atoms with E-state index in [1.165, 1.54) is 43.3 Å². The van der Waals surface area contributed by atoms with Gasteiger partial charge in [0.1, 0.15) is 6.04 Å². The van der Waals surface area contributed by atoms with E-state index >= 15 is 0 Å². The van der Waals surface area contributed by atoms with Crippen molar-refractivity contribution in [2.75, 3.05) is 32.8 Å². The number of nitrogens with zero attached hydrogens (tertiary/aromatic N) is 2. The fraction of sp³-hybridized carbons (Fsp3) is 0.310. The van der Waals surface area contributed by atoms with Crippen molar-refractivity contribution in [3.05, 3.63) is 77.4 Å². The average molecular weight is 567 g/mol. The van der Waals surface area contributed by atoms with Gasteiger partial charge in [-0.1, -0.05) is 29.8 Å². The van der Waals surface area contributed by atoms with Gasteiger partial charge >= 0.3 is 0 Å². The molecule has 10 nitrogen and oxygen atoms in total. The summed E-state index contributed by atoms with van der Waals surface area (Å²) in [5, 5.41) is 0. The lowest BCUT2D eigenvalue weighted by atomic mass is 10.1. The van der Waals surface area contributed by atoms with Crippen LogP contribution in [0.4, 0.5) is 5.69 Å². The Morgan fingerprint density at radius 3 is 2.17 bits per heavy atom. The van der Waals surface area contributed by atoms with Crippen LogP contribution >= 0.6 is 0 Å². The third kappa shape index (κ3) is 4.98. The summed E-state index contributed by atoms with van der Waals surface area (Å²) in [6.45, 7) is 1.93. The summed E-state index contributed by atoms with van der Waals surface area (Å²) < 4.78 is 47.8. The fourth-order valence-corrected chi connectivity index (χ4v) is 6.26. The Morgan fingerprint density at radius 2 is 1.55 bits per heavy atom. The molecule has 5 rings (SSSR count). The van der Waals surface area contributed by atoms with Crippen LogP contribution in [-0.2, 0) is 25.6 Å². The van der Waals surface area contributed by atoms with Gasteiger partial charge in [0, 0.05) is 13.0 Å². The SMILES string of the molecule is COc1cc(CN2C(=O)[C@@H]3C[C@@H](OS(=O)(=O)c4ccc(C)cc4)CN3C(=O)c3ccccc32)cc(OC)c1OC. The zero-order valence-electron chi connectivity index (χ0n) is 22.6. The molecular weight excluding hydrogens is 536 g/mol. The maximum absolute atomic E-state index is 14.0. The molecule has 2 amide bonds. The van der Waals surface area contributed by atoms with Gasteiger partial charge in [-0.15, -0.1) is 0 Å². The monoisotopic (exact) mass is 566 g/mol. The average Bonchev–Trinajstić information content (AvgIpc) is 3.35. The van der Waals surface area contributed by atoms with E-state index in [1.807, 2.05) is 6.92 Å². The number of hydrogen-bond acceptors (Lipinski definition) is 8. The number of hydrogen-bond donors (Lipinski definition) is 0. The summed E-state index contributed by atoms with van der Waals surface area (Å²) in [5.74, 6) is 0.579. The smallest absolute Gasteiger partial charge is 0.297 e. The molecule has 1 fully saturated rings. The molecule has 2 aliphatic rings. The van der Waals surface area contributed by atoms with Gasteiger partial charge in [0.15, 0.2) is 11.5 Å². The Labute approximate surface area is 233 Å². The summed E-state index contributed by atoms with van der Waals surface area (Å²) in [4.78, 5) is 30.6. The maximum atomic E-state index is 14.0. The van der Waals surface area contributed by atoms with E-state index in [0.29, 0.717) is 34.1 Å². The number of aryl methyl sites for hydroxylation is 1. The normalized spacial score (nSPS) is 18.7. The Morgan fingerprint density at radius 1 is 0.900 bits per heavy atom. The van der Waals surface area contributed by atoms with E-state index in [0.717, 1.165) is 5.56 Å². The number of carbonyl (C=O) groups excluding carboxylic acids is 2. The molecule has 0 radical (unpaired) electrons. The summed E-state index contributed by atoms with van der Waals surface area (Å²) >= 11 is 0. The highest BCUT2D eigenvalue weighted by Crippen LogP contribution is 2.40. The van der Waals surface area contributed by atoms with E-state index in [9.17, 15) is 18.0 Å². The first-order valence-corrected chi connectivity index (χ1v) is 14.1. The zero-order valence-corrected chi connectivity index (χ0v) is 23.4. The molecule has 0 unspecified atom stereocenters. The molecule has 0 bridgehead atoms. The molecule has 11 heteroatoms. The van der Waals surface area contributed by atoms with E-state index in [-0.39, 0.29) is 36.2 Å². The van der Waals surface area contributed by atoms with Crippen molar-refractivity contribution in [3.8, 4) is 17.2 Å². The largest absolute Gasteiger partial charge is 0.493 e. The van der Waals surface area contributed by atoms with Crippen LogP contribution in [0.5, 0.6) is 17.2 Å². The van der Waals surface area contributed by atoms with Crippen molar-refractivity contribution in [2.45, 2.75) is 36.9 Å². The van der Waals surface area contributed by atoms with Crippen LogP contribution in [0.3, 0.4) is 0 Å². The lowest BCUT2D eigenvalue weighted by molar-refractivity contribution is -0.122. The van der Waals surface area contributed by atoms with Gasteiger partial charge in [-0.25, -0.2) is 0 Å². The molecule has 0 aliphatic carbocycles. The minimum atomic E-state index is -4.09. The molecule has 3 aromatic rings. The highest BCUT2D eigenvalue weighted by Gasteiger charge is 2.47. The molecule has 1 saturated heterocycles. The van der Waals surface area contributed by atoms with Crippen LogP contribution in [0.1, 0.15) is 27.9 Å². The quantitative estimate of drug-likeness (QED) is 0.381. The minimum Gasteiger partial charge on any atom is -0.493 e. The van der Waals surface area contributed by atoms with Crippen molar-refractivity contribution < 1.29 is 36.4 Å². The molecule has 2 atom stereocenters. The minimum absolute atomic E-state index is 0.0206. The van der Waals surface area contributed by atoms with Crippen LogP contribution in [-0.4, -0.2) is 65.2 Å². The van der Waals surface area contributed by atoms with Crippen LogP contribution in [0, 0.1) is 6.92 Å². The van der Waals surface area contributed by atoms with E-state index < -0.39 is 22.3 Å². The topological polar surface area (TPSA) is 112 Å². The number of para-hydroxylation sites is 1. The second kappa shape index (κ2) is 10.8. The summed E-state index contributed by atoms with van der Waals surface area (Å²) in [7, 11) is 0.426. The number of fused-ring (bicyclic) bond motifs is 2. The first kappa shape index (κ1) is 27.5. The van der Waals surface area contributed by atoms with Gasteiger partial charge in [0.05, 0.1) is 50.1 Å². The van der Waals surface area contributed by atoms with Crippen molar-refractivity contribution in [3.63, 3.8) is 0 Å². The van der Waals surface area contributed by atoms with Gasteiger partial charge in [-0.3, -0.25) is 13.8 Å². The van der Waals surface area contributed by atoms with Crippen molar-refractivity contribution >= 4 is 27.6 Å². The lowest BCUT2D eigenvalue weighted by Gasteiger charge is -2.26. The third-order valence-electron chi connectivity index (χ3n) is 7.14. The second-order valence-corrected chi connectivity index (χ2v) is 11.2. The second-order valence-electron chi connectivity index (χ2n) is 9.67. The number of rotatable bonds is 8. The van der Waals surface area contributed by atoms with Gasteiger partial charge in [0.2, 0.25) is 11.7 Å². The highest BCUT2D eigenvalue weighted by molar-refractivity contribution is 7.86. The van der Waals surface area contributed by atoms with Crippen LogP contribution in [0.25, 0.3) is 0 Å². The number of ether oxygens (including phenoxy) is 3. The van der Waals surface area contributed by atoms with Crippen molar-refractivity contribution in [1.29, 1.82) is 0 Å². The molecule has 2 heterocycles. The summed E-state index contributed by atoms with van der Waals surface area (Å²) in [6, 6.07) is 15.8. The standard InChI is InChI=1S/C29H30N2O8S/c1-18-9-11-21(12-10-18)40(34,35)39-20-15-24-29(33)30(23-8-6-5-7-22(23)28(32)31(24)17-20)16-19-13-25(36-2)27(38-4)26(14-19)37-3/h5-14,20,24H,15-17H2,1-4H3/t20-,24+/m1/s1. The number of methoxy groups -OCH3 is 3. The molecule has 0 aromatic heterocycles. The first-order chi connectivity index (χ1) is 19.2. The van der Waals surface area contributed by atoms with E-state index in [2.05, 4.69) is 0 Å². The van der Waals surface area contributed by atoms with Gasteiger partial charge in [-0.2, -0.15) is 8.42 Å². The molecule has 0 N–H and O–H groups in total. The predicted molar refractivity (Wildman–Crippen MR) is 146 cm³/mol. The van der Waals surface area contributed by atoms with Crippen molar-refractivity contribution in [1.82, 2.24) is 4.90 Å². The molecule has 3 aromatic carbocycles. The van der Waals surface area contributed by atoms with Crippen LogP contribution in [0.15, 0.2) is 65.6 Å². The highest BCUT2D eigenvalue weighted by atomic mass is 32.2. The fourth-order valence-electron chi connectivity index (χ4n) is 5.18. The summed E-state index contributed by atoms with van der Waals surface area (Å²) in [5.41, 5.74) is 2.40.